The van der Waals surface area contributed by atoms with Crippen LogP contribution in [0.2, 0.25) is 0 Å². The Hall–Kier alpha value is -3.64. The van der Waals surface area contributed by atoms with E-state index >= 15 is 0 Å². The molecule has 1 aliphatic heterocycles. The first-order valence-electron chi connectivity index (χ1n) is 22.4. The Kier molecular flexibility index (Phi) is 11.4. The minimum atomic E-state index is -0.435. The van der Waals surface area contributed by atoms with E-state index in [4.69, 9.17) is 18.9 Å². The van der Waals surface area contributed by atoms with Gasteiger partial charge in [0.2, 0.25) is 0 Å². The third-order valence-corrected chi connectivity index (χ3v) is 16.0. The highest BCUT2D eigenvalue weighted by molar-refractivity contribution is 5.99. The van der Waals surface area contributed by atoms with Crippen molar-refractivity contribution in [1.29, 1.82) is 0 Å². The van der Waals surface area contributed by atoms with Crippen molar-refractivity contribution in [2.75, 3.05) is 19.8 Å². The predicted molar refractivity (Wildman–Crippen MR) is 227 cm³/mol. The van der Waals surface area contributed by atoms with Gasteiger partial charge in [0.05, 0.1) is 36.4 Å². The molecule has 8 rings (SSSR count). The highest BCUT2D eigenvalue weighted by atomic mass is 16.5. The molecule has 0 N–H and O–H groups in total. The van der Waals surface area contributed by atoms with Crippen molar-refractivity contribution in [1.82, 2.24) is 0 Å². The lowest BCUT2D eigenvalue weighted by Crippen LogP contribution is -2.51. The molecule has 1 heterocycles. The molecular formula is C51H66O6. The van der Waals surface area contributed by atoms with Crippen LogP contribution in [-0.4, -0.2) is 37.9 Å². The summed E-state index contributed by atoms with van der Waals surface area (Å²) in [4.78, 5) is 26.7. The van der Waals surface area contributed by atoms with Crippen LogP contribution in [0.1, 0.15) is 139 Å². The number of fused-ring (bicyclic) bond motifs is 6. The van der Waals surface area contributed by atoms with Crippen molar-refractivity contribution in [2.24, 2.45) is 51.8 Å². The molecule has 4 aliphatic carbocycles. The van der Waals surface area contributed by atoms with Crippen LogP contribution in [0.15, 0.2) is 72.3 Å². The van der Waals surface area contributed by atoms with Crippen LogP contribution in [0, 0.1) is 51.8 Å². The first kappa shape index (κ1) is 40.2. The third kappa shape index (κ3) is 7.94. The highest BCUT2D eigenvalue weighted by Gasteiger charge is 2.59. The van der Waals surface area contributed by atoms with Gasteiger partial charge in [-0.3, -0.25) is 0 Å². The summed E-state index contributed by atoms with van der Waals surface area (Å²) in [6.07, 6.45) is 17.3. The number of rotatable bonds is 13. The van der Waals surface area contributed by atoms with Gasteiger partial charge in [0.15, 0.2) is 0 Å². The van der Waals surface area contributed by atoms with Gasteiger partial charge in [-0.15, -0.1) is 0 Å². The molecule has 6 heteroatoms. The zero-order valence-electron chi connectivity index (χ0n) is 35.4. The van der Waals surface area contributed by atoms with Gasteiger partial charge in [-0.25, -0.2) is 9.59 Å². The second-order valence-electron chi connectivity index (χ2n) is 19.8. The van der Waals surface area contributed by atoms with Crippen LogP contribution >= 0.6 is 0 Å². The number of esters is 2. The van der Waals surface area contributed by atoms with Crippen LogP contribution in [-0.2, 0) is 9.47 Å². The molecule has 3 saturated carbocycles. The Morgan fingerprint density at radius 1 is 0.807 bits per heavy atom. The average molecular weight is 775 g/mol. The lowest BCUT2D eigenvalue weighted by molar-refractivity contribution is -0.133. The van der Waals surface area contributed by atoms with E-state index in [1.54, 1.807) is 23.8 Å². The predicted octanol–water partition coefficient (Wildman–Crippen LogP) is 12.4. The molecule has 306 valence electrons. The maximum atomic E-state index is 13.6. The maximum Gasteiger partial charge on any atom is 0.343 e. The lowest BCUT2D eigenvalue weighted by Gasteiger charge is -2.58. The summed E-state index contributed by atoms with van der Waals surface area (Å²) in [7, 11) is 0. The van der Waals surface area contributed by atoms with Crippen LogP contribution in [0.5, 0.6) is 11.5 Å². The summed E-state index contributed by atoms with van der Waals surface area (Å²) in [5, 5.41) is 1.74. The van der Waals surface area contributed by atoms with E-state index < -0.39 is 5.97 Å². The monoisotopic (exact) mass is 774 g/mol. The molecule has 57 heavy (non-hydrogen) atoms. The van der Waals surface area contributed by atoms with E-state index in [2.05, 4.69) is 47.6 Å². The van der Waals surface area contributed by atoms with Crippen molar-refractivity contribution in [2.45, 2.75) is 125 Å². The van der Waals surface area contributed by atoms with Crippen LogP contribution in [0.4, 0.5) is 0 Å². The second-order valence-corrected chi connectivity index (χ2v) is 19.8. The summed E-state index contributed by atoms with van der Waals surface area (Å²) >= 11 is 0. The molecule has 8 atom stereocenters. The van der Waals surface area contributed by atoms with Gasteiger partial charge in [0.1, 0.15) is 17.6 Å². The van der Waals surface area contributed by atoms with E-state index in [1.165, 1.54) is 51.4 Å². The first-order chi connectivity index (χ1) is 27.4. The molecule has 0 amide bonds. The number of ether oxygens (including phenoxy) is 4. The molecule has 3 aromatic rings. The fourth-order valence-corrected chi connectivity index (χ4v) is 12.3. The molecule has 0 radical (unpaired) electrons. The Labute approximate surface area is 341 Å². The fraction of sp³-hybridized carbons (Fsp3) is 0.608. The van der Waals surface area contributed by atoms with Gasteiger partial charge in [-0.1, -0.05) is 84.6 Å². The lowest BCUT2D eigenvalue weighted by atomic mass is 9.47. The molecular weight excluding hydrogens is 709 g/mol. The summed E-state index contributed by atoms with van der Waals surface area (Å²) < 4.78 is 23.3. The van der Waals surface area contributed by atoms with E-state index in [0.717, 1.165) is 90.9 Å². The zero-order chi connectivity index (χ0) is 40.0. The third-order valence-electron chi connectivity index (χ3n) is 16.0. The molecule has 1 saturated heterocycles. The Bertz CT molecular complexity index is 1950. The number of hydrogen-bond acceptors (Lipinski definition) is 6. The van der Waals surface area contributed by atoms with Crippen molar-refractivity contribution >= 4 is 22.7 Å². The van der Waals surface area contributed by atoms with E-state index in [9.17, 15) is 9.59 Å². The van der Waals surface area contributed by atoms with E-state index in [1.807, 2.05) is 42.5 Å². The standard InChI is InChI=1S/C51H66O6/c1-7-51(30-54-31-51)32-55-40-16-18-41(19-17-40)56-47(52)37-13-11-36-28-38(14-12-35(36)27-37)48(53)57-42-23-25-49(5)39(29-42)15-20-43-45-22-21-44(34(4)10-8-9-33(2)3)50(45,6)26-24-46(43)49/h11-19,27-28,33-34,42-46H,7-10,20-26,29-32H2,1-6H3. The Balaban J connectivity index is 0.855. The first-order valence-corrected chi connectivity index (χ1v) is 22.4. The Morgan fingerprint density at radius 3 is 2.18 bits per heavy atom. The molecule has 0 aromatic heterocycles. The summed E-state index contributed by atoms with van der Waals surface area (Å²) in [5.41, 5.74) is 3.34. The fourth-order valence-electron chi connectivity index (χ4n) is 12.3. The van der Waals surface area contributed by atoms with Crippen LogP contribution < -0.4 is 9.47 Å². The van der Waals surface area contributed by atoms with E-state index in [0.29, 0.717) is 28.9 Å². The largest absolute Gasteiger partial charge is 0.493 e. The number of benzene rings is 3. The van der Waals surface area contributed by atoms with Gasteiger partial charge >= 0.3 is 11.9 Å². The highest BCUT2D eigenvalue weighted by Crippen LogP contribution is 2.67. The van der Waals surface area contributed by atoms with Crippen molar-refractivity contribution in [3.8, 4) is 11.5 Å². The molecule has 5 aliphatic rings. The molecule has 8 unspecified atom stereocenters. The topological polar surface area (TPSA) is 71.1 Å². The van der Waals surface area contributed by atoms with Gasteiger partial charge in [-0.2, -0.15) is 0 Å². The van der Waals surface area contributed by atoms with Crippen molar-refractivity contribution in [3.63, 3.8) is 0 Å². The molecule has 4 fully saturated rings. The molecule has 0 bridgehead atoms. The van der Waals surface area contributed by atoms with Gasteiger partial charge < -0.3 is 18.9 Å². The molecule has 6 nitrogen and oxygen atoms in total. The Morgan fingerprint density at radius 2 is 1.51 bits per heavy atom. The number of hydrogen-bond donors (Lipinski definition) is 0. The minimum Gasteiger partial charge on any atom is -0.493 e. The van der Waals surface area contributed by atoms with E-state index in [-0.39, 0.29) is 22.9 Å². The number of carbonyl (C=O) groups is 2. The van der Waals surface area contributed by atoms with Crippen molar-refractivity contribution < 1.29 is 28.5 Å². The van der Waals surface area contributed by atoms with Gasteiger partial charge in [-0.05, 0) is 157 Å². The van der Waals surface area contributed by atoms with Gasteiger partial charge in [0, 0.05) is 6.42 Å². The van der Waals surface area contributed by atoms with Gasteiger partial charge in [0.25, 0.3) is 0 Å². The normalized spacial score (nSPS) is 30.6. The molecule has 0 spiro atoms. The number of carbonyl (C=O) groups excluding carboxylic acids is 2. The summed E-state index contributed by atoms with van der Waals surface area (Å²) in [6, 6.07) is 18.2. The maximum absolute atomic E-state index is 13.6. The smallest absolute Gasteiger partial charge is 0.343 e. The second kappa shape index (κ2) is 16.2. The number of allylic oxidation sites excluding steroid dienone is 1. The quantitative estimate of drug-likeness (QED) is 0.0978. The van der Waals surface area contributed by atoms with Crippen LogP contribution in [0.3, 0.4) is 0 Å². The van der Waals surface area contributed by atoms with Crippen LogP contribution in [0.25, 0.3) is 10.8 Å². The molecule has 3 aromatic carbocycles. The average Bonchev–Trinajstić information content (AvgIpc) is 3.55. The SMILES string of the molecule is CCC1(COc2ccc(OC(=O)c3ccc4cc(C(=O)OC5CCC6(C)C(=CCC7C6CCC6(C)C(C(C)CCCC(C)C)CCC76)C5)ccc4c3)cc2)COC1. The zero-order valence-corrected chi connectivity index (χ0v) is 35.4. The summed E-state index contributed by atoms with van der Waals surface area (Å²) in [5.74, 6) is 5.38. The van der Waals surface area contributed by atoms with Crippen molar-refractivity contribution in [3.05, 3.63) is 83.4 Å². The summed E-state index contributed by atoms with van der Waals surface area (Å²) in [6.45, 7) is 16.7. The minimum absolute atomic E-state index is 0.0939.